The van der Waals surface area contributed by atoms with Gasteiger partial charge >= 0.3 is 0 Å². The fourth-order valence-corrected chi connectivity index (χ4v) is 2.15. The second-order valence-electron chi connectivity index (χ2n) is 5.08. The maximum atomic E-state index is 12.2. The number of carbonyl (C=O) groups excluding carboxylic acids is 1. The molecule has 3 rings (SSSR count). The van der Waals surface area contributed by atoms with Crippen molar-refractivity contribution in [3.63, 3.8) is 0 Å². The van der Waals surface area contributed by atoms with E-state index in [1.54, 1.807) is 31.2 Å². The first-order chi connectivity index (χ1) is 11.6. The SMILES string of the molecule is C[C@H](Oc1ccc(Cl)cc1)C(=O)Nc1n[nH]c(-c2ccccc2)n1. The Morgan fingerprint density at radius 3 is 2.58 bits per heavy atom. The molecule has 2 N–H and O–H groups in total. The topological polar surface area (TPSA) is 79.9 Å². The molecule has 0 radical (unpaired) electrons. The average molecular weight is 343 g/mol. The van der Waals surface area contributed by atoms with E-state index in [0.717, 1.165) is 5.56 Å². The number of halogens is 1. The first-order valence-corrected chi connectivity index (χ1v) is 7.70. The molecular formula is C17H15ClN4O2. The zero-order valence-electron chi connectivity index (χ0n) is 12.9. The van der Waals surface area contributed by atoms with E-state index >= 15 is 0 Å². The zero-order valence-corrected chi connectivity index (χ0v) is 13.6. The Kier molecular flexibility index (Phi) is 4.77. The summed E-state index contributed by atoms with van der Waals surface area (Å²) in [5, 5.41) is 10.0. The molecule has 1 heterocycles. The summed E-state index contributed by atoms with van der Waals surface area (Å²) in [4.78, 5) is 16.4. The van der Waals surface area contributed by atoms with Crippen LogP contribution < -0.4 is 10.1 Å². The van der Waals surface area contributed by atoms with Gasteiger partial charge < -0.3 is 4.74 Å². The minimum absolute atomic E-state index is 0.199. The van der Waals surface area contributed by atoms with Crippen molar-refractivity contribution in [2.75, 3.05) is 5.32 Å². The van der Waals surface area contributed by atoms with Gasteiger partial charge in [0.2, 0.25) is 5.95 Å². The van der Waals surface area contributed by atoms with Gasteiger partial charge in [-0.1, -0.05) is 41.9 Å². The van der Waals surface area contributed by atoms with Gasteiger partial charge in [-0.15, -0.1) is 5.10 Å². The van der Waals surface area contributed by atoms with Gasteiger partial charge in [-0.2, -0.15) is 4.98 Å². The molecule has 1 aromatic heterocycles. The third-order valence-electron chi connectivity index (χ3n) is 3.26. The van der Waals surface area contributed by atoms with Gasteiger partial charge in [0, 0.05) is 10.6 Å². The standard InChI is InChI=1S/C17H15ClN4O2/c1-11(24-14-9-7-13(18)8-10-14)16(23)20-17-19-15(21-22-17)12-5-3-2-4-6-12/h2-11H,1H3,(H2,19,20,21,22,23)/t11-/m0/s1. The van der Waals surface area contributed by atoms with Crippen LogP contribution in [0.25, 0.3) is 11.4 Å². The fourth-order valence-electron chi connectivity index (χ4n) is 2.03. The zero-order chi connectivity index (χ0) is 16.9. The number of anilines is 1. The maximum Gasteiger partial charge on any atom is 0.267 e. The van der Waals surface area contributed by atoms with Crippen LogP contribution in [0.2, 0.25) is 5.02 Å². The van der Waals surface area contributed by atoms with Crippen LogP contribution in [0.1, 0.15) is 6.92 Å². The number of aromatic amines is 1. The molecule has 0 bridgehead atoms. The molecule has 0 aliphatic rings. The van der Waals surface area contributed by atoms with E-state index in [0.29, 0.717) is 16.6 Å². The number of hydrogen-bond donors (Lipinski definition) is 2. The number of hydrogen-bond acceptors (Lipinski definition) is 4. The Bertz CT molecular complexity index is 818. The number of H-pyrrole nitrogens is 1. The molecule has 1 amide bonds. The van der Waals surface area contributed by atoms with E-state index in [9.17, 15) is 4.79 Å². The highest BCUT2D eigenvalue weighted by molar-refractivity contribution is 6.30. The van der Waals surface area contributed by atoms with Gasteiger partial charge in [-0.25, -0.2) is 0 Å². The summed E-state index contributed by atoms with van der Waals surface area (Å²) in [6.45, 7) is 1.65. The molecule has 0 aliphatic carbocycles. The van der Waals surface area contributed by atoms with Crippen molar-refractivity contribution in [1.82, 2.24) is 15.2 Å². The normalized spacial score (nSPS) is 11.8. The number of carbonyl (C=O) groups is 1. The van der Waals surface area contributed by atoms with E-state index in [4.69, 9.17) is 16.3 Å². The minimum Gasteiger partial charge on any atom is -0.481 e. The molecule has 7 heteroatoms. The van der Waals surface area contributed by atoms with Gasteiger partial charge in [0.25, 0.3) is 5.91 Å². The summed E-state index contributed by atoms with van der Waals surface area (Å²) in [6.07, 6.45) is -0.704. The van der Waals surface area contributed by atoms with E-state index in [1.807, 2.05) is 30.3 Å². The van der Waals surface area contributed by atoms with E-state index in [2.05, 4.69) is 20.5 Å². The molecule has 6 nitrogen and oxygen atoms in total. The van der Waals surface area contributed by atoms with Crippen molar-refractivity contribution in [2.24, 2.45) is 0 Å². The Hall–Kier alpha value is -2.86. The van der Waals surface area contributed by atoms with E-state index < -0.39 is 6.10 Å². The Morgan fingerprint density at radius 2 is 1.88 bits per heavy atom. The van der Waals surface area contributed by atoms with Crippen LogP contribution in [0.15, 0.2) is 54.6 Å². The number of benzene rings is 2. The molecule has 3 aromatic rings. The lowest BCUT2D eigenvalue weighted by atomic mass is 10.2. The number of rotatable bonds is 5. The molecule has 0 unspecified atom stereocenters. The first-order valence-electron chi connectivity index (χ1n) is 7.33. The van der Waals surface area contributed by atoms with E-state index in [1.165, 1.54) is 0 Å². The highest BCUT2D eigenvalue weighted by Crippen LogP contribution is 2.18. The van der Waals surface area contributed by atoms with Gasteiger partial charge in [0.15, 0.2) is 11.9 Å². The number of ether oxygens (including phenoxy) is 1. The lowest BCUT2D eigenvalue weighted by molar-refractivity contribution is -0.122. The van der Waals surface area contributed by atoms with Crippen LogP contribution in [0.5, 0.6) is 5.75 Å². The van der Waals surface area contributed by atoms with Crippen LogP contribution >= 0.6 is 11.6 Å². The summed E-state index contributed by atoms with van der Waals surface area (Å²) >= 11 is 5.82. The molecule has 0 saturated heterocycles. The van der Waals surface area contributed by atoms with Crippen LogP contribution in [0.3, 0.4) is 0 Å². The molecule has 0 saturated carbocycles. The number of nitrogens with zero attached hydrogens (tertiary/aromatic N) is 2. The minimum atomic E-state index is -0.704. The maximum absolute atomic E-state index is 12.2. The smallest absolute Gasteiger partial charge is 0.267 e. The highest BCUT2D eigenvalue weighted by atomic mass is 35.5. The summed E-state index contributed by atoms with van der Waals surface area (Å²) in [5.74, 6) is 0.994. The number of amides is 1. The molecule has 1 atom stereocenters. The molecule has 0 spiro atoms. The summed E-state index contributed by atoms with van der Waals surface area (Å²) in [7, 11) is 0. The first kappa shape index (κ1) is 16.0. The molecule has 24 heavy (non-hydrogen) atoms. The molecule has 2 aromatic carbocycles. The number of nitrogens with one attached hydrogen (secondary N) is 2. The lowest BCUT2D eigenvalue weighted by Crippen LogP contribution is -2.30. The monoisotopic (exact) mass is 342 g/mol. The summed E-state index contributed by atoms with van der Waals surface area (Å²) < 4.78 is 5.56. The van der Waals surface area contributed by atoms with E-state index in [-0.39, 0.29) is 11.9 Å². The van der Waals surface area contributed by atoms with Crippen LogP contribution in [-0.2, 0) is 4.79 Å². The Balaban J connectivity index is 1.62. The van der Waals surface area contributed by atoms with Crippen LogP contribution in [0.4, 0.5) is 5.95 Å². The molecule has 0 fully saturated rings. The average Bonchev–Trinajstić information content (AvgIpc) is 3.06. The van der Waals surface area contributed by atoms with Crippen molar-refractivity contribution in [2.45, 2.75) is 13.0 Å². The van der Waals surface area contributed by atoms with Crippen LogP contribution in [0, 0.1) is 0 Å². The van der Waals surface area contributed by atoms with Crippen molar-refractivity contribution < 1.29 is 9.53 Å². The largest absolute Gasteiger partial charge is 0.481 e. The summed E-state index contributed by atoms with van der Waals surface area (Å²) in [6, 6.07) is 16.3. The predicted octanol–water partition coefficient (Wildman–Crippen LogP) is 3.53. The van der Waals surface area contributed by atoms with Gasteiger partial charge in [0.05, 0.1) is 0 Å². The lowest BCUT2D eigenvalue weighted by Gasteiger charge is -2.13. The predicted molar refractivity (Wildman–Crippen MR) is 92.0 cm³/mol. The third kappa shape index (κ3) is 3.91. The second kappa shape index (κ2) is 7.14. The van der Waals surface area contributed by atoms with Gasteiger partial charge in [0.1, 0.15) is 5.75 Å². The van der Waals surface area contributed by atoms with Crippen molar-refractivity contribution in [3.8, 4) is 17.1 Å². The second-order valence-corrected chi connectivity index (χ2v) is 5.51. The van der Waals surface area contributed by atoms with Crippen molar-refractivity contribution >= 4 is 23.5 Å². The molecular weight excluding hydrogens is 328 g/mol. The van der Waals surface area contributed by atoms with Crippen molar-refractivity contribution in [3.05, 3.63) is 59.6 Å². The molecule has 0 aliphatic heterocycles. The Morgan fingerprint density at radius 1 is 1.17 bits per heavy atom. The van der Waals surface area contributed by atoms with Crippen molar-refractivity contribution in [1.29, 1.82) is 0 Å². The number of aromatic nitrogens is 3. The van der Waals surface area contributed by atoms with Gasteiger partial charge in [-0.05, 0) is 31.2 Å². The van der Waals surface area contributed by atoms with Gasteiger partial charge in [-0.3, -0.25) is 15.2 Å². The quantitative estimate of drug-likeness (QED) is 0.743. The Labute approximate surface area is 143 Å². The fraction of sp³-hybridized carbons (Fsp3) is 0.118. The third-order valence-corrected chi connectivity index (χ3v) is 3.52. The highest BCUT2D eigenvalue weighted by Gasteiger charge is 2.17. The summed E-state index contributed by atoms with van der Waals surface area (Å²) in [5.41, 5.74) is 0.885. The molecule has 122 valence electrons. The van der Waals surface area contributed by atoms with Crippen LogP contribution in [-0.4, -0.2) is 27.2 Å².